The van der Waals surface area contributed by atoms with Gasteiger partial charge in [-0.3, -0.25) is 39.2 Å². The summed E-state index contributed by atoms with van der Waals surface area (Å²) in [6.07, 6.45) is 3.27. The number of primary amides is 2. The molecule has 0 radical (unpaired) electrons. The van der Waals surface area contributed by atoms with Crippen LogP contribution in [0.3, 0.4) is 0 Å². The van der Waals surface area contributed by atoms with Gasteiger partial charge in [-0.25, -0.2) is 9.97 Å². The van der Waals surface area contributed by atoms with Crippen molar-refractivity contribution >= 4 is 57.6 Å². The highest BCUT2D eigenvalue weighted by Crippen LogP contribution is 2.27. The number of aromatic nitrogens is 8. The molecule has 0 aliphatic carbocycles. The summed E-state index contributed by atoms with van der Waals surface area (Å²) in [4.78, 5) is 61.3. The van der Waals surface area contributed by atoms with Crippen molar-refractivity contribution in [2.75, 3.05) is 10.6 Å². The Morgan fingerprint density at radius 3 is 1.87 bits per heavy atom. The molecule has 4 aromatic heterocycles. The lowest BCUT2D eigenvalue weighted by atomic mass is 10.1. The van der Waals surface area contributed by atoms with Gasteiger partial charge in [0.05, 0.1) is 33.5 Å². The number of rotatable bonds is 3. The monoisotopic (exact) mass is 704 g/mol. The minimum Gasteiger partial charge on any atom is -0.366 e. The maximum Gasteiger partial charge on any atom is 0.276 e. The topological polar surface area (TPSA) is 216 Å². The molecule has 0 saturated heterocycles. The van der Waals surface area contributed by atoms with Crippen LogP contribution < -0.4 is 22.1 Å². The summed E-state index contributed by atoms with van der Waals surface area (Å²) in [5.41, 5.74) is 17.5. The van der Waals surface area contributed by atoms with Gasteiger partial charge in [-0.15, -0.1) is 0 Å². The van der Waals surface area contributed by atoms with E-state index < -0.39 is 11.8 Å². The van der Waals surface area contributed by atoms with Crippen LogP contribution in [0.5, 0.6) is 0 Å². The van der Waals surface area contributed by atoms with E-state index in [1.165, 1.54) is 0 Å². The van der Waals surface area contributed by atoms with Gasteiger partial charge >= 0.3 is 0 Å². The number of amides is 4. The average molecular weight is 705 g/mol. The molecule has 0 fully saturated rings. The molecule has 4 amide bonds. The Bertz CT molecular complexity index is 2390. The van der Waals surface area contributed by atoms with Gasteiger partial charge in [0.2, 0.25) is 23.7 Å². The summed E-state index contributed by atoms with van der Waals surface area (Å²) in [7, 11) is 0. The summed E-state index contributed by atoms with van der Waals surface area (Å²) in [5.74, 6) is -1.16. The van der Waals surface area contributed by atoms with E-state index in [-0.39, 0.29) is 11.8 Å². The van der Waals surface area contributed by atoms with Gasteiger partial charge in [-0.1, -0.05) is 0 Å². The molecule has 5 heterocycles. The Morgan fingerprint density at radius 2 is 1.31 bits per heavy atom. The molecule has 0 saturated carbocycles. The van der Waals surface area contributed by atoms with E-state index in [9.17, 15) is 19.2 Å². The van der Waals surface area contributed by atoms with E-state index in [1.807, 2.05) is 29.9 Å². The van der Waals surface area contributed by atoms with Gasteiger partial charge in [0.25, 0.3) is 11.8 Å². The van der Waals surface area contributed by atoms with Crippen molar-refractivity contribution in [2.45, 2.75) is 79.1 Å². The lowest BCUT2D eigenvalue weighted by molar-refractivity contribution is 0.0992. The molecule has 0 atom stereocenters. The summed E-state index contributed by atoms with van der Waals surface area (Å²) in [6, 6.07) is 11.8. The first kappa shape index (κ1) is 34.1. The fourth-order valence-electron chi connectivity index (χ4n) is 6.94. The Balaban J connectivity index is 1.29. The molecule has 0 spiro atoms. The second kappa shape index (κ2) is 13.8. The zero-order chi connectivity index (χ0) is 36.7. The number of nitrogens with zero attached hydrogens (tertiary/aromatic N) is 8. The zero-order valence-electron chi connectivity index (χ0n) is 29.3. The number of anilines is 2. The number of carbonyl (C=O) groups excluding carboxylic acids is 4. The highest BCUT2D eigenvalue weighted by Gasteiger charge is 2.25. The Labute approximate surface area is 298 Å². The van der Waals surface area contributed by atoms with Crippen molar-refractivity contribution < 1.29 is 19.2 Å². The molecule has 7 rings (SSSR count). The van der Waals surface area contributed by atoms with Crippen molar-refractivity contribution in [1.29, 1.82) is 0 Å². The van der Waals surface area contributed by atoms with Crippen molar-refractivity contribution in [1.82, 2.24) is 38.7 Å². The van der Waals surface area contributed by atoms with E-state index in [1.54, 1.807) is 51.8 Å². The molecule has 16 nitrogen and oxygen atoms in total. The normalized spacial score (nSPS) is 14.6. The van der Waals surface area contributed by atoms with E-state index in [0.29, 0.717) is 109 Å². The fraction of sp³-hybridized carbons (Fsp3) is 0.333. The van der Waals surface area contributed by atoms with E-state index in [4.69, 9.17) is 21.4 Å². The molecule has 1 aliphatic heterocycles. The third-order valence-corrected chi connectivity index (χ3v) is 9.48. The van der Waals surface area contributed by atoms with Crippen molar-refractivity contribution in [2.24, 2.45) is 11.5 Å². The number of hydrogen-bond donors (Lipinski definition) is 4. The van der Waals surface area contributed by atoms with E-state index in [2.05, 4.69) is 20.8 Å². The Kier molecular flexibility index (Phi) is 9.04. The summed E-state index contributed by atoms with van der Waals surface area (Å²) < 4.78 is 7.24. The zero-order valence-corrected chi connectivity index (χ0v) is 29.3. The largest absolute Gasteiger partial charge is 0.366 e. The highest BCUT2D eigenvalue weighted by atomic mass is 16.2. The number of benzene rings is 2. The first-order chi connectivity index (χ1) is 25.0. The predicted octanol–water partition coefficient (Wildman–Crippen LogP) is 3.93. The number of aryl methyl sites for hydroxylation is 6. The standard InChI is InChI=1S/C36H40N12O4/c1-4-47-30-24(21(3)44-47)9-5-6-16-48-29(17-20(2)43-48)33(51)41-35-39-25-18-22(31(37)49)10-12-27(25)45(35)14-7-8-15-46-28-13-11-23(32(38)50)19-26(28)40-36(46)42-34(30)52/h10-13,17-19H,4-9,14-16H2,1-3H3,(H2,37,49)(H2,38,50)(H,39,41,51)(H,40,42,52). The van der Waals surface area contributed by atoms with E-state index in [0.717, 1.165) is 22.3 Å². The molecule has 0 bridgehead atoms. The summed E-state index contributed by atoms with van der Waals surface area (Å²) in [6.45, 7) is 7.61. The van der Waals surface area contributed by atoms with Crippen molar-refractivity contribution in [3.63, 3.8) is 0 Å². The van der Waals surface area contributed by atoms with Crippen LogP contribution in [0.2, 0.25) is 0 Å². The predicted molar refractivity (Wildman–Crippen MR) is 194 cm³/mol. The Hall–Kier alpha value is -6.32. The van der Waals surface area contributed by atoms with Crippen molar-refractivity contribution in [3.8, 4) is 0 Å². The third kappa shape index (κ3) is 6.38. The second-order valence-corrected chi connectivity index (χ2v) is 13.0. The maximum atomic E-state index is 14.1. The van der Waals surface area contributed by atoms with Crippen LogP contribution in [0.1, 0.15) is 91.3 Å². The molecule has 0 unspecified atom stereocenters. The first-order valence-electron chi connectivity index (χ1n) is 17.4. The molecule has 16 heteroatoms. The Morgan fingerprint density at radius 1 is 0.750 bits per heavy atom. The third-order valence-electron chi connectivity index (χ3n) is 9.48. The number of carbonyl (C=O) groups is 4. The number of nitrogens with one attached hydrogen (secondary N) is 2. The molecule has 6 N–H and O–H groups in total. The number of hydrogen-bond acceptors (Lipinski definition) is 8. The maximum absolute atomic E-state index is 14.1. The van der Waals surface area contributed by atoms with Crippen LogP contribution in [0, 0.1) is 13.8 Å². The van der Waals surface area contributed by atoms with Crippen LogP contribution in [-0.4, -0.2) is 62.3 Å². The van der Waals surface area contributed by atoms with Gasteiger partial charge in [-0.2, -0.15) is 10.2 Å². The van der Waals surface area contributed by atoms with Crippen LogP contribution >= 0.6 is 0 Å². The van der Waals surface area contributed by atoms with Gasteiger partial charge in [0, 0.05) is 42.9 Å². The van der Waals surface area contributed by atoms with Gasteiger partial charge in [-0.05, 0) is 95.3 Å². The lowest BCUT2D eigenvalue weighted by Crippen LogP contribution is -2.22. The molecular formula is C36H40N12O4. The summed E-state index contributed by atoms with van der Waals surface area (Å²) in [5, 5.41) is 15.3. The SMILES string of the molecule is CCn1nc(C)c2c1C(=O)Nc1nc3cc(C(N)=O)ccc3n1CCCCn1c(nc3cc(C(N)=O)ccc31)NC(=O)c1cc(C)nn1CCCC2. The quantitative estimate of drug-likeness (QED) is 0.211. The minimum absolute atomic E-state index is 0.311. The minimum atomic E-state index is -0.575. The smallest absolute Gasteiger partial charge is 0.276 e. The lowest BCUT2D eigenvalue weighted by Gasteiger charge is -2.14. The van der Waals surface area contributed by atoms with Crippen molar-refractivity contribution in [3.05, 3.63) is 81.9 Å². The first-order valence-corrected chi connectivity index (χ1v) is 17.4. The number of fused-ring (bicyclic) bond motifs is 8. The molecule has 268 valence electrons. The highest BCUT2D eigenvalue weighted by molar-refractivity contribution is 6.05. The van der Waals surface area contributed by atoms with Gasteiger partial charge < -0.3 is 20.6 Å². The number of nitrogens with two attached hydrogens (primary N) is 2. The van der Waals surface area contributed by atoms with E-state index >= 15 is 0 Å². The van der Waals surface area contributed by atoms with Crippen LogP contribution in [0.25, 0.3) is 22.1 Å². The fourth-order valence-corrected chi connectivity index (χ4v) is 6.94. The van der Waals surface area contributed by atoms with Crippen LogP contribution in [-0.2, 0) is 32.6 Å². The molecule has 6 aromatic rings. The van der Waals surface area contributed by atoms with Gasteiger partial charge in [0.15, 0.2) is 0 Å². The van der Waals surface area contributed by atoms with Crippen LogP contribution in [0.4, 0.5) is 11.9 Å². The molecule has 2 aromatic carbocycles. The molecular weight excluding hydrogens is 664 g/mol. The molecule has 1 aliphatic rings. The number of imidazole rings is 2. The summed E-state index contributed by atoms with van der Waals surface area (Å²) >= 11 is 0. The average Bonchev–Trinajstić information content (AvgIpc) is 3.85. The van der Waals surface area contributed by atoms with Crippen LogP contribution in [0.15, 0.2) is 42.5 Å². The second-order valence-electron chi connectivity index (χ2n) is 13.0. The van der Waals surface area contributed by atoms with Gasteiger partial charge in [0.1, 0.15) is 11.4 Å². The molecule has 52 heavy (non-hydrogen) atoms.